The molecule has 150 valence electrons. The molecule has 2 fully saturated rings. The Kier molecular flexibility index (Phi) is 5.99. The molecule has 0 aliphatic carbocycles. The summed E-state index contributed by atoms with van der Waals surface area (Å²) in [5.41, 5.74) is 3.23. The van der Waals surface area contributed by atoms with Gasteiger partial charge in [0.25, 0.3) is 5.91 Å². The topological polar surface area (TPSA) is 84.3 Å². The van der Waals surface area contributed by atoms with Crippen molar-refractivity contribution in [1.29, 1.82) is 0 Å². The molecule has 1 aromatic heterocycles. The Morgan fingerprint density at radius 2 is 1.93 bits per heavy atom. The standard InChI is InChI=1S/C20H28N6O2/c1-15-19(23-24-26(15)18-6-8-21-9-7-18)20(27)22-17-4-2-16(3-5-17)14-25-10-12-28-13-11-25/h2-5,18,21H,6-14H2,1H3,(H,22,27). The van der Waals surface area contributed by atoms with Crippen LogP contribution in [-0.2, 0) is 11.3 Å². The van der Waals surface area contributed by atoms with Crippen molar-refractivity contribution >= 4 is 11.6 Å². The normalized spacial score (nSPS) is 18.9. The number of hydrogen-bond acceptors (Lipinski definition) is 6. The molecule has 3 heterocycles. The molecule has 2 aliphatic heterocycles. The fraction of sp³-hybridized carbons (Fsp3) is 0.550. The molecule has 0 radical (unpaired) electrons. The lowest BCUT2D eigenvalue weighted by atomic mass is 10.1. The minimum absolute atomic E-state index is 0.210. The number of carbonyl (C=O) groups excluding carboxylic acids is 1. The van der Waals surface area contributed by atoms with Crippen LogP contribution in [0.3, 0.4) is 0 Å². The Hall–Kier alpha value is -2.29. The number of anilines is 1. The second-order valence-corrected chi connectivity index (χ2v) is 7.49. The minimum atomic E-state index is -0.210. The number of hydrogen-bond donors (Lipinski definition) is 2. The Balaban J connectivity index is 1.37. The van der Waals surface area contributed by atoms with E-state index in [0.717, 1.165) is 70.2 Å². The van der Waals surface area contributed by atoms with Crippen LogP contribution >= 0.6 is 0 Å². The molecule has 8 nitrogen and oxygen atoms in total. The highest BCUT2D eigenvalue weighted by Gasteiger charge is 2.23. The number of ether oxygens (including phenoxy) is 1. The first-order valence-corrected chi connectivity index (χ1v) is 10.0. The van der Waals surface area contributed by atoms with Crippen molar-refractivity contribution in [2.45, 2.75) is 32.4 Å². The molecule has 8 heteroatoms. The van der Waals surface area contributed by atoms with Crippen LogP contribution in [0.4, 0.5) is 5.69 Å². The first-order chi connectivity index (χ1) is 13.7. The van der Waals surface area contributed by atoms with Gasteiger partial charge in [0, 0.05) is 25.3 Å². The number of amides is 1. The fourth-order valence-electron chi connectivity index (χ4n) is 3.85. The molecule has 2 aliphatic rings. The lowest BCUT2D eigenvalue weighted by Gasteiger charge is -2.26. The van der Waals surface area contributed by atoms with Gasteiger partial charge in [0.15, 0.2) is 5.69 Å². The summed E-state index contributed by atoms with van der Waals surface area (Å²) in [5, 5.41) is 14.7. The smallest absolute Gasteiger partial charge is 0.278 e. The van der Waals surface area contributed by atoms with Crippen LogP contribution in [0, 0.1) is 6.92 Å². The van der Waals surface area contributed by atoms with E-state index >= 15 is 0 Å². The number of nitrogens with one attached hydrogen (secondary N) is 2. The van der Waals surface area contributed by atoms with Crippen LogP contribution < -0.4 is 10.6 Å². The minimum Gasteiger partial charge on any atom is -0.379 e. The predicted octanol–water partition coefficient (Wildman–Crippen LogP) is 1.60. The van der Waals surface area contributed by atoms with Crippen molar-refractivity contribution in [2.24, 2.45) is 0 Å². The SMILES string of the molecule is Cc1c(C(=O)Nc2ccc(CN3CCOCC3)cc2)nnn1C1CCNCC1. The predicted molar refractivity (Wildman–Crippen MR) is 106 cm³/mol. The summed E-state index contributed by atoms with van der Waals surface area (Å²) < 4.78 is 7.29. The lowest BCUT2D eigenvalue weighted by molar-refractivity contribution is 0.0342. The van der Waals surface area contributed by atoms with Crippen LogP contribution in [0.15, 0.2) is 24.3 Å². The summed E-state index contributed by atoms with van der Waals surface area (Å²) >= 11 is 0. The molecule has 2 saturated heterocycles. The van der Waals surface area contributed by atoms with Crippen molar-refractivity contribution in [3.05, 3.63) is 41.2 Å². The summed E-state index contributed by atoms with van der Waals surface area (Å²) in [6.07, 6.45) is 2.02. The molecule has 0 atom stereocenters. The van der Waals surface area contributed by atoms with Gasteiger partial charge in [0.1, 0.15) is 0 Å². The van der Waals surface area contributed by atoms with Crippen molar-refractivity contribution in [2.75, 3.05) is 44.7 Å². The molecule has 1 amide bonds. The van der Waals surface area contributed by atoms with Gasteiger partial charge >= 0.3 is 0 Å². The summed E-state index contributed by atoms with van der Waals surface area (Å²) in [7, 11) is 0. The Morgan fingerprint density at radius 1 is 1.21 bits per heavy atom. The molecule has 0 saturated carbocycles. The Bertz CT molecular complexity index is 792. The monoisotopic (exact) mass is 384 g/mol. The zero-order valence-electron chi connectivity index (χ0n) is 16.4. The Morgan fingerprint density at radius 3 is 2.64 bits per heavy atom. The van der Waals surface area contributed by atoms with Crippen molar-refractivity contribution in [1.82, 2.24) is 25.2 Å². The molecule has 2 aromatic rings. The number of aromatic nitrogens is 3. The maximum Gasteiger partial charge on any atom is 0.278 e. The summed E-state index contributed by atoms with van der Waals surface area (Å²) in [6, 6.07) is 8.32. The number of morpholine rings is 1. The van der Waals surface area contributed by atoms with E-state index in [1.165, 1.54) is 5.56 Å². The van der Waals surface area contributed by atoms with Gasteiger partial charge in [-0.05, 0) is 50.6 Å². The van der Waals surface area contributed by atoms with Gasteiger partial charge in [-0.15, -0.1) is 5.10 Å². The maximum atomic E-state index is 12.7. The van der Waals surface area contributed by atoms with Crippen molar-refractivity contribution in [3.8, 4) is 0 Å². The van der Waals surface area contributed by atoms with Crippen LogP contribution in [0.5, 0.6) is 0 Å². The number of rotatable bonds is 5. The summed E-state index contributed by atoms with van der Waals surface area (Å²) in [5.74, 6) is -0.210. The zero-order valence-corrected chi connectivity index (χ0v) is 16.4. The Labute approximate surface area is 165 Å². The maximum absolute atomic E-state index is 12.7. The largest absolute Gasteiger partial charge is 0.379 e. The first kappa shape index (κ1) is 19.0. The molecule has 0 unspecified atom stereocenters. The van der Waals surface area contributed by atoms with Crippen LogP contribution in [0.1, 0.15) is 40.6 Å². The quantitative estimate of drug-likeness (QED) is 0.815. The van der Waals surface area contributed by atoms with E-state index in [-0.39, 0.29) is 5.91 Å². The van der Waals surface area contributed by atoms with Crippen molar-refractivity contribution < 1.29 is 9.53 Å². The van der Waals surface area contributed by atoms with E-state index in [2.05, 4.69) is 38.0 Å². The number of carbonyl (C=O) groups is 1. The fourth-order valence-corrected chi connectivity index (χ4v) is 3.85. The lowest BCUT2D eigenvalue weighted by Crippen LogP contribution is -2.35. The molecular formula is C20H28N6O2. The van der Waals surface area contributed by atoms with Crippen LogP contribution in [0.25, 0.3) is 0 Å². The second kappa shape index (κ2) is 8.81. The van der Waals surface area contributed by atoms with Crippen molar-refractivity contribution in [3.63, 3.8) is 0 Å². The van der Waals surface area contributed by atoms with Gasteiger partial charge in [0.2, 0.25) is 0 Å². The first-order valence-electron chi connectivity index (χ1n) is 10.0. The average Bonchev–Trinajstić information content (AvgIpc) is 3.12. The number of piperidine rings is 1. The molecular weight excluding hydrogens is 356 g/mol. The third-order valence-corrected chi connectivity index (χ3v) is 5.52. The molecule has 28 heavy (non-hydrogen) atoms. The summed E-state index contributed by atoms with van der Waals surface area (Å²) in [4.78, 5) is 15.0. The molecule has 0 spiro atoms. The summed E-state index contributed by atoms with van der Waals surface area (Å²) in [6.45, 7) is 8.29. The molecule has 1 aromatic carbocycles. The molecule has 4 rings (SSSR count). The van der Waals surface area contributed by atoms with E-state index in [1.807, 2.05) is 23.7 Å². The highest BCUT2D eigenvalue weighted by Crippen LogP contribution is 2.21. The van der Waals surface area contributed by atoms with E-state index < -0.39 is 0 Å². The number of benzene rings is 1. The van der Waals surface area contributed by atoms with Crippen LogP contribution in [-0.4, -0.2) is 65.2 Å². The van der Waals surface area contributed by atoms with E-state index in [1.54, 1.807) is 0 Å². The van der Waals surface area contributed by atoms with Crippen LogP contribution in [0.2, 0.25) is 0 Å². The third kappa shape index (κ3) is 4.40. The van der Waals surface area contributed by atoms with Gasteiger partial charge in [0.05, 0.1) is 24.9 Å². The van der Waals surface area contributed by atoms with E-state index in [0.29, 0.717) is 11.7 Å². The average molecular weight is 384 g/mol. The van der Waals surface area contributed by atoms with Gasteiger partial charge in [-0.3, -0.25) is 9.69 Å². The molecule has 0 bridgehead atoms. The van der Waals surface area contributed by atoms with Gasteiger partial charge in [-0.1, -0.05) is 17.3 Å². The van der Waals surface area contributed by atoms with Gasteiger partial charge in [-0.2, -0.15) is 0 Å². The highest BCUT2D eigenvalue weighted by atomic mass is 16.5. The van der Waals surface area contributed by atoms with Gasteiger partial charge < -0.3 is 15.4 Å². The third-order valence-electron chi connectivity index (χ3n) is 5.52. The second-order valence-electron chi connectivity index (χ2n) is 7.49. The zero-order chi connectivity index (χ0) is 19.3. The number of nitrogens with zero attached hydrogens (tertiary/aromatic N) is 4. The highest BCUT2D eigenvalue weighted by molar-refractivity contribution is 6.03. The van der Waals surface area contributed by atoms with Gasteiger partial charge in [-0.25, -0.2) is 4.68 Å². The van der Waals surface area contributed by atoms with E-state index in [4.69, 9.17) is 4.74 Å². The molecule has 2 N–H and O–H groups in total. The van der Waals surface area contributed by atoms with E-state index in [9.17, 15) is 4.79 Å².